The molecule has 8 rings (SSSR count). The summed E-state index contributed by atoms with van der Waals surface area (Å²) in [6.07, 6.45) is 5.82. The number of para-hydroxylation sites is 3. The van der Waals surface area contributed by atoms with E-state index in [1.807, 2.05) is 133 Å². The van der Waals surface area contributed by atoms with Crippen molar-refractivity contribution >= 4 is 45.2 Å². The Morgan fingerprint density at radius 3 is 2.50 bits per heavy atom. The molecule has 0 fully saturated rings. The van der Waals surface area contributed by atoms with Crippen LogP contribution in [0.15, 0.2) is 146 Å². The minimum Gasteiger partial charge on any atom is -0.381 e. The first-order valence-corrected chi connectivity index (χ1v) is 17.0. The summed E-state index contributed by atoms with van der Waals surface area (Å²) in [7, 11) is 0. The lowest BCUT2D eigenvalue weighted by atomic mass is 9.99. The van der Waals surface area contributed by atoms with Crippen LogP contribution in [0.2, 0.25) is 0 Å². The van der Waals surface area contributed by atoms with Crippen molar-refractivity contribution in [1.82, 2.24) is 29.5 Å². The van der Waals surface area contributed by atoms with Crippen molar-refractivity contribution in [2.75, 3.05) is 10.6 Å². The summed E-state index contributed by atoms with van der Waals surface area (Å²) in [4.78, 5) is 37.2. The van der Waals surface area contributed by atoms with Gasteiger partial charge in [-0.1, -0.05) is 66.7 Å². The number of anilines is 3. The van der Waals surface area contributed by atoms with Crippen molar-refractivity contribution in [1.29, 1.82) is 0 Å². The van der Waals surface area contributed by atoms with Gasteiger partial charge in [-0.05, 0) is 79.1 Å². The molecule has 0 aliphatic carbocycles. The van der Waals surface area contributed by atoms with Crippen molar-refractivity contribution in [3.05, 3.63) is 157 Å². The number of aliphatic hydroxyl groups excluding tert-OH is 1. The number of nitrogens with one attached hydrogen (secondary N) is 2. The molecule has 0 saturated carbocycles. The molecule has 0 bridgehead atoms. The standard InChI is InChI=1S/C42H34N8O2/c1-27-18-19-31(25-35(27)49-42-45-23-20-33(48-42)30-14-8-21-43-26-30)46-41(52)39(51)37(24-28-10-3-2-4-11-28)50-36-17-6-5-16-34(36)47-40(50)32-15-7-12-29-13-9-22-44-38(29)32/h2-23,25-26,37,39,51H,24H2,1H3,(H,46,52)(H,45,48,49)/t37-,39+/m1/s1. The highest BCUT2D eigenvalue weighted by molar-refractivity contribution is 5.97. The predicted octanol–water partition coefficient (Wildman–Crippen LogP) is 7.94. The topological polar surface area (TPSA) is 131 Å². The van der Waals surface area contributed by atoms with Gasteiger partial charge in [0.1, 0.15) is 5.82 Å². The van der Waals surface area contributed by atoms with Gasteiger partial charge in [0.05, 0.1) is 28.3 Å². The maximum atomic E-state index is 14.1. The van der Waals surface area contributed by atoms with E-state index in [9.17, 15) is 9.90 Å². The molecule has 0 radical (unpaired) electrons. The highest BCUT2D eigenvalue weighted by atomic mass is 16.3. The molecule has 4 heterocycles. The highest BCUT2D eigenvalue weighted by Gasteiger charge is 2.32. The van der Waals surface area contributed by atoms with Gasteiger partial charge < -0.3 is 20.3 Å². The number of aliphatic hydroxyl groups is 1. The molecule has 52 heavy (non-hydrogen) atoms. The Morgan fingerprint density at radius 2 is 1.63 bits per heavy atom. The van der Waals surface area contributed by atoms with Crippen LogP contribution in [0.25, 0.3) is 44.6 Å². The number of carbonyl (C=O) groups excluding carboxylic acids is 1. The maximum Gasteiger partial charge on any atom is 0.255 e. The van der Waals surface area contributed by atoms with E-state index >= 15 is 0 Å². The average Bonchev–Trinajstić information content (AvgIpc) is 3.58. The second-order valence-electron chi connectivity index (χ2n) is 12.5. The van der Waals surface area contributed by atoms with Crippen LogP contribution in [-0.4, -0.2) is 46.6 Å². The molecule has 0 aliphatic rings. The summed E-state index contributed by atoms with van der Waals surface area (Å²) in [5.74, 6) is 0.470. The van der Waals surface area contributed by atoms with Crippen LogP contribution in [0, 0.1) is 6.92 Å². The van der Waals surface area contributed by atoms with E-state index in [0.717, 1.165) is 49.9 Å². The Kier molecular flexibility index (Phi) is 8.87. The van der Waals surface area contributed by atoms with E-state index in [4.69, 9.17) is 9.97 Å². The van der Waals surface area contributed by atoms with Crippen LogP contribution in [-0.2, 0) is 11.2 Å². The summed E-state index contributed by atoms with van der Waals surface area (Å²) in [5, 5.41) is 19.3. The molecule has 4 aromatic heterocycles. The summed E-state index contributed by atoms with van der Waals surface area (Å²) < 4.78 is 1.99. The number of nitrogens with zero attached hydrogens (tertiary/aromatic N) is 6. The van der Waals surface area contributed by atoms with Gasteiger partial charge in [0.25, 0.3) is 5.91 Å². The molecular formula is C42H34N8O2. The summed E-state index contributed by atoms with van der Waals surface area (Å²) in [5.41, 5.74) is 7.85. The van der Waals surface area contributed by atoms with Gasteiger partial charge in [-0.15, -0.1) is 0 Å². The van der Waals surface area contributed by atoms with Gasteiger partial charge in [0.2, 0.25) is 5.95 Å². The molecule has 0 aliphatic heterocycles. The van der Waals surface area contributed by atoms with Gasteiger partial charge in [-0.2, -0.15) is 0 Å². The number of hydrogen-bond donors (Lipinski definition) is 3. The number of rotatable bonds is 10. The zero-order chi connectivity index (χ0) is 35.4. The third-order valence-electron chi connectivity index (χ3n) is 9.09. The predicted molar refractivity (Wildman–Crippen MR) is 204 cm³/mol. The van der Waals surface area contributed by atoms with Crippen molar-refractivity contribution < 1.29 is 9.90 Å². The van der Waals surface area contributed by atoms with E-state index in [-0.39, 0.29) is 0 Å². The van der Waals surface area contributed by atoms with Crippen molar-refractivity contribution in [2.24, 2.45) is 0 Å². The number of amides is 1. The van der Waals surface area contributed by atoms with E-state index < -0.39 is 18.1 Å². The number of hydrogen-bond acceptors (Lipinski definition) is 8. The largest absolute Gasteiger partial charge is 0.381 e. The Balaban J connectivity index is 1.14. The average molecular weight is 683 g/mol. The van der Waals surface area contributed by atoms with Crippen molar-refractivity contribution in [3.8, 4) is 22.6 Å². The fourth-order valence-corrected chi connectivity index (χ4v) is 6.49. The molecule has 1 amide bonds. The molecule has 3 N–H and O–H groups in total. The number of pyridine rings is 2. The second-order valence-corrected chi connectivity index (χ2v) is 12.5. The zero-order valence-corrected chi connectivity index (χ0v) is 28.3. The lowest BCUT2D eigenvalue weighted by molar-refractivity contribution is -0.126. The van der Waals surface area contributed by atoms with Gasteiger partial charge in [-0.3, -0.25) is 14.8 Å². The minimum atomic E-state index is -1.46. The molecule has 4 aromatic carbocycles. The molecule has 2 atom stereocenters. The first kappa shape index (κ1) is 32.4. The van der Waals surface area contributed by atoms with E-state index in [0.29, 0.717) is 29.6 Å². The maximum absolute atomic E-state index is 14.1. The van der Waals surface area contributed by atoms with Crippen LogP contribution in [0.5, 0.6) is 0 Å². The summed E-state index contributed by atoms with van der Waals surface area (Å²) in [6.45, 7) is 1.96. The number of carbonyl (C=O) groups is 1. The van der Waals surface area contributed by atoms with Crippen LogP contribution >= 0.6 is 0 Å². The fourth-order valence-electron chi connectivity index (χ4n) is 6.49. The fraction of sp³-hybridized carbons (Fsp3) is 0.0952. The number of aryl methyl sites for hydroxylation is 1. The van der Waals surface area contributed by atoms with Crippen molar-refractivity contribution in [3.63, 3.8) is 0 Å². The molecule has 0 unspecified atom stereocenters. The first-order chi connectivity index (χ1) is 25.5. The van der Waals surface area contributed by atoms with Crippen molar-refractivity contribution in [2.45, 2.75) is 25.5 Å². The lowest BCUT2D eigenvalue weighted by Gasteiger charge is -2.27. The Labute approximate surface area is 299 Å². The third kappa shape index (κ3) is 6.58. The highest BCUT2D eigenvalue weighted by Crippen LogP contribution is 2.35. The SMILES string of the molecule is Cc1ccc(NC(=O)[C@@H](O)[C@@H](Cc2ccccc2)n2c(-c3cccc4cccnc34)nc3ccccc32)cc1Nc1nccc(-c2cccnc2)n1. The number of benzene rings is 4. The Hall–Kier alpha value is -6.78. The molecule has 8 aromatic rings. The second kappa shape index (κ2) is 14.2. The van der Waals surface area contributed by atoms with Crippen LogP contribution < -0.4 is 10.6 Å². The Morgan fingerprint density at radius 1 is 0.808 bits per heavy atom. The first-order valence-electron chi connectivity index (χ1n) is 17.0. The number of imidazole rings is 1. The van der Waals surface area contributed by atoms with Crippen LogP contribution in [0.3, 0.4) is 0 Å². The molecule has 0 spiro atoms. The van der Waals surface area contributed by atoms with E-state index in [2.05, 4.69) is 25.6 Å². The molecular weight excluding hydrogens is 649 g/mol. The molecule has 0 saturated heterocycles. The van der Waals surface area contributed by atoms with E-state index in [1.54, 1.807) is 24.8 Å². The molecule has 10 heteroatoms. The van der Waals surface area contributed by atoms with Gasteiger partial charge in [0, 0.05) is 52.7 Å². The Bertz CT molecular complexity index is 2520. The van der Waals surface area contributed by atoms with Gasteiger partial charge in [-0.25, -0.2) is 15.0 Å². The zero-order valence-electron chi connectivity index (χ0n) is 28.3. The third-order valence-corrected chi connectivity index (χ3v) is 9.09. The van der Waals surface area contributed by atoms with Crippen LogP contribution in [0.4, 0.5) is 17.3 Å². The number of fused-ring (bicyclic) bond motifs is 2. The summed E-state index contributed by atoms with van der Waals surface area (Å²) in [6, 6.07) is 37.9. The number of aromatic nitrogens is 6. The van der Waals surface area contributed by atoms with Gasteiger partial charge in [0.15, 0.2) is 6.10 Å². The molecule has 10 nitrogen and oxygen atoms in total. The smallest absolute Gasteiger partial charge is 0.255 e. The monoisotopic (exact) mass is 682 g/mol. The van der Waals surface area contributed by atoms with Crippen LogP contribution in [0.1, 0.15) is 17.2 Å². The summed E-state index contributed by atoms with van der Waals surface area (Å²) >= 11 is 0. The van der Waals surface area contributed by atoms with Gasteiger partial charge >= 0.3 is 0 Å². The normalized spacial score (nSPS) is 12.4. The quantitative estimate of drug-likeness (QED) is 0.133. The lowest BCUT2D eigenvalue weighted by Crippen LogP contribution is -2.37. The molecule has 254 valence electrons. The minimum absolute atomic E-state index is 0.367. The van der Waals surface area contributed by atoms with E-state index in [1.165, 1.54) is 0 Å².